The molecular weight excluding hydrogens is 190 g/mol. The molecule has 0 unspecified atom stereocenters. The Morgan fingerprint density at radius 3 is 2.93 bits per heavy atom. The third-order valence-electron chi connectivity index (χ3n) is 2.10. The minimum absolute atomic E-state index is 0.461. The maximum Gasteiger partial charge on any atom is 0.148 e. The summed E-state index contributed by atoms with van der Waals surface area (Å²) in [7, 11) is 0. The maximum atomic E-state index is 8.91. The average Bonchev–Trinajstić information content (AvgIpc) is 2.59. The van der Waals surface area contributed by atoms with Crippen LogP contribution in [0.2, 0.25) is 0 Å². The normalized spacial score (nSPS) is 9.87. The van der Waals surface area contributed by atoms with Crippen molar-refractivity contribution in [2.75, 3.05) is 5.73 Å². The van der Waals surface area contributed by atoms with E-state index in [2.05, 4.69) is 16.2 Å². The number of nitrogens with two attached hydrogens (primary N) is 1. The maximum absolute atomic E-state index is 8.91. The molecule has 0 spiro atoms. The van der Waals surface area contributed by atoms with Gasteiger partial charge in [-0.1, -0.05) is 0 Å². The molecule has 2 aromatic rings. The number of nitrogen functional groups attached to an aromatic ring is 1. The first-order valence-electron chi connectivity index (χ1n) is 4.38. The van der Waals surface area contributed by atoms with Crippen LogP contribution in [0.5, 0.6) is 0 Å². The third kappa shape index (κ3) is 1.53. The molecule has 5 nitrogen and oxygen atoms in total. The van der Waals surface area contributed by atoms with E-state index in [1.807, 2.05) is 6.92 Å². The number of pyridine rings is 1. The van der Waals surface area contributed by atoms with E-state index in [-0.39, 0.29) is 0 Å². The first-order valence-corrected chi connectivity index (χ1v) is 4.38. The fraction of sp³-hybridized carbons (Fsp3) is 0.100. The summed E-state index contributed by atoms with van der Waals surface area (Å²) in [4.78, 5) is 3.96. The molecule has 2 aromatic heterocycles. The van der Waals surface area contributed by atoms with Gasteiger partial charge in [0, 0.05) is 18.0 Å². The van der Waals surface area contributed by atoms with E-state index in [1.165, 1.54) is 0 Å². The van der Waals surface area contributed by atoms with E-state index >= 15 is 0 Å². The predicted molar refractivity (Wildman–Crippen MR) is 55.2 cm³/mol. The summed E-state index contributed by atoms with van der Waals surface area (Å²) in [6.45, 7) is 1.86. The van der Waals surface area contributed by atoms with Crippen LogP contribution in [0.3, 0.4) is 0 Å². The summed E-state index contributed by atoms with van der Waals surface area (Å²) in [6, 6.07) is 3.72. The molecule has 0 bridgehead atoms. The molecule has 0 fully saturated rings. The number of hydrogen-bond acceptors (Lipinski definition) is 4. The zero-order valence-electron chi connectivity index (χ0n) is 8.18. The van der Waals surface area contributed by atoms with Gasteiger partial charge in [0.1, 0.15) is 17.6 Å². The topological polar surface area (TPSA) is 80.5 Å². The van der Waals surface area contributed by atoms with Crippen molar-refractivity contribution in [3.8, 4) is 11.8 Å². The van der Waals surface area contributed by atoms with Crippen LogP contribution in [0.15, 0.2) is 24.7 Å². The summed E-state index contributed by atoms with van der Waals surface area (Å²) in [5.74, 6) is 0.461. The Kier molecular flexibility index (Phi) is 2.10. The molecule has 0 aliphatic rings. The first-order chi connectivity index (χ1) is 7.22. The molecule has 2 heterocycles. The lowest BCUT2D eigenvalue weighted by atomic mass is 10.2. The zero-order chi connectivity index (χ0) is 10.8. The van der Waals surface area contributed by atoms with Gasteiger partial charge in [0.05, 0.1) is 11.8 Å². The van der Waals surface area contributed by atoms with Crippen molar-refractivity contribution in [3.05, 3.63) is 35.8 Å². The minimum Gasteiger partial charge on any atom is -0.382 e. The summed E-state index contributed by atoms with van der Waals surface area (Å²) < 4.78 is 1.57. The molecule has 74 valence electrons. The van der Waals surface area contributed by atoms with Crippen molar-refractivity contribution in [3.63, 3.8) is 0 Å². The van der Waals surface area contributed by atoms with Gasteiger partial charge in [-0.05, 0) is 13.0 Å². The van der Waals surface area contributed by atoms with Crippen LogP contribution in [-0.2, 0) is 0 Å². The zero-order valence-corrected chi connectivity index (χ0v) is 8.18. The summed E-state index contributed by atoms with van der Waals surface area (Å²) in [6.07, 6.45) is 4.93. The second-order valence-corrected chi connectivity index (χ2v) is 3.15. The second-order valence-electron chi connectivity index (χ2n) is 3.15. The highest BCUT2D eigenvalue weighted by Gasteiger charge is 2.07. The summed E-state index contributed by atoms with van der Waals surface area (Å²) >= 11 is 0. The predicted octanol–water partition coefficient (Wildman–Crippen LogP) is 1.03. The van der Waals surface area contributed by atoms with Gasteiger partial charge in [-0.25, -0.2) is 4.68 Å². The molecule has 2 rings (SSSR count). The number of anilines is 1. The van der Waals surface area contributed by atoms with Gasteiger partial charge in [0.15, 0.2) is 0 Å². The highest BCUT2D eigenvalue weighted by atomic mass is 15.3. The molecule has 0 atom stereocenters. The highest BCUT2D eigenvalue weighted by molar-refractivity contribution is 5.48. The molecule has 0 aliphatic carbocycles. The van der Waals surface area contributed by atoms with Crippen molar-refractivity contribution in [2.45, 2.75) is 6.92 Å². The van der Waals surface area contributed by atoms with Crippen molar-refractivity contribution in [2.24, 2.45) is 0 Å². The first kappa shape index (κ1) is 9.21. The number of hydrogen-bond donors (Lipinski definition) is 1. The molecule has 0 radical (unpaired) electrons. The fourth-order valence-corrected chi connectivity index (χ4v) is 1.26. The van der Waals surface area contributed by atoms with Crippen molar-refractivity contribution >= 4 is 5.82 Å². The number of nitrogens with zero attached hydrogens (tertiary/aromatic N) is 4. The fourth-order valence-electron chi connectivity index (χ4n) is 1.26. The van der Waals surface area contributed by atoms with Gasteiger partial charge in [-0.3, -0.25) is 4.98 Å². The molecule has 0 saturated carbocycles. The number of nitriles is 1. The van der Waals surface area contributed by atoms with E-state index in [0.29, 0.717) is 17.1 Å². The van der Waals surface area contributed by atoms with Gasteiger partial charge in [0.25, 0.3) is 0 Å². The molecule has 5 heteroatoms. The number of aromatic nitrogens is 3. The van der Waals surface area contributed by atoms with E-state index < -0.39 is 0 Å². The van der Waals surface area contributed by atoms with Gasteiger partial charge >= 0.3 is 0 Å². The van der Waals surface area contributed by atoms with Crippen LogP contribution in [-0.4, -0.2) is 14.8 Å². The smallest absolute Gasteiger partial charge is 0.148 e. The van der Waals surface area contributed by atoms with E-state index in [1.54, 1.807) is 29.3 Å². The lowest BCUT2D eigenvalue weighted by Gasteiger charge is -2.01. The Hall–Kier alpha value is -2.35. The Balaban J connectivity index is 2.59. The lowest BCUT2D eigenvalue weighted by molar-refractivity contribution is 0.875. The van der Waals surface area contributed by atoms with Gasteiger partial charge in [0.2, 0.25) is 0 Å². The molecule has 0 amide bonds. The van der Waals surface area contributed by atoms with Crippen LogP contribution in [0.1, 0.15) is 11.1 Å². The van der Waals surface area contributed by atoms with Crippen LogP contribution in [0.25, 0.3) is 5.69 Å². The lowest BCUT2D eigenvalue weighted by Crippen LogP contribution is -1.99. The van der Waals surface area contributed by atoms with Crippen molar-refractivity contribution in [1.29, 1.82) is 5.26 Å². The van der Waals surface area contributed by atoms with Crippen LogP contribution < -0.4 is 5.73 Å². The molecular formula is C10H9N5. The monoisotopic (exact) mass is 199 g/mol. The highest BCUT2D eigenvalue weighted by Crippen LogP contribution is 2.15. The molecule has 0 aliphatic heterocycles. The van der Waals surface area contributed by atoms with Crippen molar-refractivity contribution in [1.82, 2.24) is 14.8 Å². The molecule has 0 aromatic carbocycles. The average molecular weight is 199 g/mol. The standard InChI is InChI=1S/C10H9N5/c1-7-6-15(14-10(7)12)9-5-13-3-2-8(9)4-11/h2-3,5-6H,1H3,(H2,12,14). The van der Waals surface area contributed by atoms with E-state index in [4.69, 9.17) is 11.0 Å². The SMILES string of the molecule is Cc1cn(-c2cnccc2C#N)nc1N. The summed E-state index contributed by atoms with van der Waals surface area (Å²) in [5.41, 5.74) is 7.67. The number of aryl methyl sites for hydroxylation is 1. The van der Waals surface area contributed by atoms with Crippen molar-refractivity contribution < 1.29 is 0 Å². The van der Waals surface area contributed by atoms with Crippen LogP contribution >= 0.6 is 0 Å². The van der Waals surface area contributed by atoms with Crippen LogP contribution in [0, 0.1) is 18.3 Å². The van der Waals surface area contributed by atoms with Gasteiger partial charge in [-0.2, -0.15) is 10.4 Å². The third-order valence-corrected chi connectivity index (χ3v) is 2.10. The largest absolute Gasteiger partial charge is 0.382 e. The molecule has 2 N–H and O–H groups in total. The Morgan fingerprint density at radius 1 is 1.53 bits per heavy atom. The number of rotatable bonds is 1. The van der Waals surface area contributed by atoms with Gasteiger partial charge in [-0.15, -0.1) is 0 Å². The minimum atomic E-state index is 0.461. The second kappa shape index (κ2) is 3.42. The van der Waals surface area contributed by atoms with Gasteiger partial charge < -0.3 is 5.73 Å². The van der Waals surface area contributed by atoms with E-state index in [9.17, 15) is 0 Å². The Bertz CT molecular complexity index is 515. The Labute approximate surface area is 86.8 Å². The summed E-state index contributed by atoms with van der Waals surface area (Å²) in [5, 5.41) is 13.0. The quantitative estimate of drug-likeness (QED) is 0.743. The van der Waals surface area contributed by atoms with E-state index in [0.717, 1.165) is 5.56 Å². The van der Waals surface area contributed by atoms with Crippen LogP contribution in [0.4, 0.5) is 5.82 Å². The molecule has 15 heavy (non-hydrogen) atoms. The molecule has 0 saturated heterocycles. The Morgan fingerprint density at radius 2 is 2.33 bits per heavy atom.